The number of ether oxygens (including phenoxy) is 2. The summed E-state index contributed by atoms with van der Waals surface area (Å²) < 4.78 is 11.8. The first kappa shape index (κ1) is 18.2. The van der Waals surface area contributed by atoms with E-state index in [1.807, 2.05) is 12.1 Å². The molecule has 0 radical (unpaired) electrons. The fraction of sp³-hybridized carbons (Fsp3) is 0.556. The minimum Gasteiger partial charge on any atom is -0.347 e. The number of carbonyl (C=O) groups is 2. The molecule has 2 amide bonds. The van der Waals surface area contributed by atoms with Crippen LogP contribution in [-0.4, -0.2) is 36.9 Å². The summed E-state index contributed by atoms with van der Waals surface area (Å²) in [6.07, 6.45) is 5.00. The maximum absolute atomic E-state index is 11.9. The normalized spacial score (nSPS) is 21.9. The molecule has 3 rings (SSSR count). The number of halogens is 1. The Morgan fingerprint density at radius 2 is 1.84 bits per heavy atom. The third kappa shape index (κ3) is 4.71. The van der Waals surface area contributed by atoms with Crippen molar-refractivity contribution in [3.8, 4) is 0 Å². The summed E-state index contributed by atoms with van der Waals surface area (Å²) in [6, 6.07) is 7.17. The van der Waals surface area contributed by atoms with Gasteiger partial charge < -0.3 is 20.1 Å². The maximum Gasteiger partial charge on any atom is 0.309 e. The summed E-state index contributed by atoms with van der Waals surface area (Å²) in [4.78, 5) is 23.8. The molecule has 1 spiro atoms. The lowest BCUT2D eigenvalue weighted by atomic mass is 9.94. The summed E-state index contributed by atoms with van der Waals surface area (Å²) >= 11 is 6.02. The van der Waals surface area contributed by atoms with Crippen molar-refractivity contribution in [2.24, 2.45) is 0 Å². The molecule has 1 aromatic rings. The Hall–Kier alpha value is -1.63. The summed E-state index contributed by atoms with van der Waals surface area (Å²) in [6.45, 7) is 0.916. The van der Waals surface area contributed by atoms with Crippen molar-refractivity contribution in [2.45, 2.75) is 50.5 Å². The van der Waals surface area contributed by atoms with Gasteiger partial charge in [-0.3, -0.25) is 9.59 Å². The molecule has 6 nitrogen and oxygen atoms in total. The van der Waals surface area contributed by atoms with E-state index in [0.29, 0.717) is 11.6 Å². The Labute approximate surface area is 152 Å². The zero-order valence-corrected chi connectivity index (χ0v) is 14.8. The molecule has 1 atom stereocenters. The fourth-order valence-electron chi connectivity index (χ4n) is 3.25. The van der Waals surface area contributed by atoms with Crippen LogP contribution in [0.2, 0.25) is 5.02 Å². The van der Waals surface area contributed by atoms with Crippen LogP contribution in [0.5, 0.6) is 0 Å². The quantitative estimate of drug-likeness (QED) is 0.800. The molecule has 1 heterocycles. The molecular formula is C18H23ClN2O4. The lowest BCUT2D eigenvalue weighted by Crippen LogP contribution is -2.43. The lowest BCUT2D eigenvalue weighted by molar-refractivity contribution is -0.186. The number of amides is 2. The number of carbonyl (C=O) groups excluding carboxylic acids is 2. The Morgan fingerprint density at radius 1 is 1.12 bits per heavy atom. The second-order valence-corrected chi connectivity index (χ2v) is 6.91. The highest BCUT2D eigenvalue weighted by Gasteiger charge is 2.42. The minimum absolute atomic E-state index is 0.206. The van der Waals surface area contributed by atoms with Crippen LogP contribution in [-0.2, 0) is 25.6 Å². The topological polar surface area (TPSA) is 76.7 Å². The van der Waals surface area contributed by atoms with Crippen molar-refractivity contribution in [1.82, 2.24) is 10.6 Å². The number of hydrogen-bond donors (Lipinski definition) is 2. The standard InChI is InChI=1S/C18H23ClN2O4/c19-15-7-3-2-6-13(15)10-20-16(22)17(23)21-11-14-12-24-18(25-14)8-4-1-5-9-18/h2-3,6-7,14H,1,4-5,8-12H2,(H,20,22)(H,21,23). The van der Waals surface area contributed by atoms with Crippen molar-refractivity contribution in [3.63, 3.8) is 0 Å². The Morgan fingerprint density at radius 3 is 2.60 bits per heavy atom. The first-order valence-electron chi connectivity index (χ1n) is 8.69. The van der Waals surface area contributed by atoms with Gasteiger partial charge >= 0.3 is 11.8 Å². The van der Waals surface area contributed by atoms with Gasteiger partial charge in [-0.25, -0.2) is 0 Å². The molecule has 1 aromatic carbocycles. The second-order valence-electron chi connectivity index (χ2n) is 6.51. The molecule has 1 aliphatic carbocycles. The van der Waals surface area contributed by atoms with Gasteiger partial charge in [0.2, 0.25) is 0 Å². The molecular weight excluding hydrogens is 344 g/mol. The summed E-state index contributed by atoms with van der Waals surface area (Å²) in [5.74, 6) is -1.84. The first-order chi connectivity index (χ1) is 12.1. The molecule has 1 saturated carbocycles. The Bertz CT molecular complexity index is 631. The van der Waals surface area contributed by atoms with Crippen molar-refractivity contribution >= 4 is 23.4 Å². The molecule has 0 aromatic heterocycles. The Kier molecular flexibility index (Phi) is 5.93. The van der Waals surface area contributed by atoms with E-state index in [-0.39, 0.29) is 19.2 Å². The van der Waals surface area contributed by atoms with Gasteiger partial charge in [0.1, 0.15) is 6.10 Å². The van der Waals surface area contributed by atoms with Crippen LogP contribution in [0.25, 0.3) is 0 Å². The largest absolute Gasteiger partial charge is 0.347 e. The minimum atomic E-state index is -0.689. The molecule has 2 N–H and O–H groups in total. The molecule has 25 heavy (non-hydrogen) atoms. The number of rotatable bonds is 4. The lowest BCUT2D eigenvalue weighted by Gasteiger charge is -2.31. The number of benzene rings is 1. The zero-order chi connectivity index (χ0) is 17.7. The van der Waals surface area contributed by atoms with Crippen LogP contribution >= 0.6 is 11.6 Å². The molecule has 136 valence electrons. The van der Waals surface area contributed by atoms with Crippen molar-refractivity contribution in [3.05, 3.63) is 34.9 Å². The van der Waals surface area contributed by atoms with Crippen molar-refractivity contribution < 1.29 is 19.1 Å². The van der Waals surface area contributed by atoms with E-state index in [2.05, 4.69) is 10.6 Å². The van der Waals surface area contributed by atoms with Crippen molar-refractivity contribution in [1.29, 1.82) is 0 Å². The van der Waals surface area contributed by atoms with Gasteiger partial charge in [0.25, 0.3) is 0 Å². The van der Waals surface area contributed by atoms with Gasteiger partial charge in [0.15, 0.2) is 5.79 Å². The third-order valence-corrected chi connectivity index (χ3v) is 4.99. The van der Waals surface area contributed by atoms with E-state index in [0.717, 1.165) is 31.2 Å². The van der Waals surface area contributed by atoms with Gasteiger partial charge in [-0.15, -0.1) is 0 Å². The fourth-order valence-corrected chi connectivity index (χ4v) is 3.46. The second kappa shape index (κ2) is 8.17. The summed E-state index contributed by atoms with van der Waals surface area (Å²) in [5, 5.41) is 5.73. The van der Waals surface area contributed by atoms with E-state index in [4.69, 9.17) is 21.1 Å². The van der Waals surface area contributed by atoms with Crippen LogP contribution in [0.1, 0.15) is 37.7 Å². The maximum atomic E-state index is 11.9. The average Bonchev–Trinajstić information content (AvgIpc) is 3.01. The molecule has 1 saturated heterocycles. The van der Waals surface area contributed by atoms with E-state index in [9.17, 15) is 9.59 Å². The van der Waals surface area contributed by atoms with Crippen LogP contribution in [0.4, 0.5) is 0 Å². The van der Waals surface area contributed by atoms with Gasteiger partial charge in [0.05, 0.1) is 6.61 Å². The van der Waals surface area contributed by atoms with Gasteiger partial charge in [-0.1, -0.05) is 36.2 Å². The highest BCUT2D eigenvalue weighted by Crippen LogP contribution is 2.37. The van der Waals surface area contributed by atoms with E-state index < -0.39 is 17.6 Å². The van der Waals surface area contributed by atoms with Gasteiger partial charge in [0, 0.05) is 31.0 Å². The first-order valence-corrected chi connectivity index (χ1v) is 9.07. The SMILES string of the molecule is O=C(NCc1ccccc1Cl)C(=O)NCC1COC2(CCCCC2)O1. The average molecular weight is 367 g/mol. The Balaban J connectivity index is 1.40. The number of nitrogens with one attached hydrogen (secondary N) is 2. The van der Waals surface area contributed by atoms with Gasteiger partial charge in [-0.05, 0) is 24.5 Å². The van der Waals surface area contributed by atoms with Crippen LogP contribution in [0.15, 0.2) is 24.3 Å². The number of hydrogen-bond acceptors (Lipinski definition) is 4. The van der Waals surface area contributed by atoms with E-state index >= 15 is 0 Å². The van der Waals surface area contributed by atoms with Crippen LogP contribution in [0.3, 0.4) is 0 Å². The van der Waals surface area contributed by atoms with E-state index in [1.54, 1.807) is 12.1 Å². The molecule has 7 heteroatoms. The third-order valence-electron chi connectivity index (χ3n) is 4.62. The smallest absolute Gasteiger partial charge is 0.309 e. The zero-order valence-electron chi connectivity index (χ0n) is 14.1. The van der Waals surface area contributed by atoms with E-state index in [1.165, 1.54) is 6.42 Å². The van der Waals surface area contributed by atoms with Crippen molar-refractivity contribution in [2.75, 3.05) is 13.2 Å². The van der Waals surface area contributed by atoms with Gasteiger partial charge in [-0.2, -0.15) is 0 Å². The predicted octanol–water partition coefficient (Wildman–Crippen LogP) is 2.15. The molecule has 1 unspecified atom stereocenters. The highest BCUT2D eigenvalue weighted by molar-refractivity contribution is 6.35. The predicted molar refractivity (Wildman–Crippen MR) is 92.9 cm³/mol. The van der Waals surface area contributed by atoms with Crippen LogP contribution in [0, 0.1) is 0 Å². The highest BCUT2D eigenvalue weighted by atomic mass is 35.5. The molecule has 1 aliphatic heterocycles. The van der Waals surface area contributed by atoms with Crippen LogP contribution < -0.4 is 10.6 Å². The molecule has 2 fully saturated rings. The monoisotopic (exact) mass is 366 g/mol. The summed E-state index contributed by atoms with van der Waals surface area (Å²) in [7, 11) is 0. The summed E-state index contributed by atoms with van der Waals surface area (Å²) in [5.41, 5.74) is 0.761. The molecule has 2 aliphatic rings. The molecule has 0 bridgehead atoms.